The lowest BCUT2D eigenvalue weighted by molar-refractivity contribution is -0.115. The fraction of sp³-hybridized carbons (Fsp3) is 0.308. The molecule has 0 atom stereocenters. The number of amides is 1. The number of nitrogens with zero attached hydrogens (tertiary/aromatic N) is 4. The van der Waals surface area contributed by atoms with Crippen molar-refractivity contribution in [2.45, 2.75) is 58.0 Å². The number of hydrogen-bond donors (Lipinski definition) is 0. The molecular formula is C26H28N4O2S2. The summed E-state index contributed by atoms with van der Waals surface area (Å²) in [5.74, 6) is 0.480. The van der Waals surface area contributed by atoms with Crippen LogP contribution in [0.2, 0.25) is 0 Å². The molecule has 4 rings (SSSR count). The van der Waals surface area contributed by atoms with E-state index in [4.69, 9.17) is 9.97 Å². The lowest BCUT2D eigenvalue weighted by atomic mass is 10.1. The molecule has 2 heterocycles. The van der Waals surface area contributed by atoms with Crippen molar-refractivity contribution >= 4 is 50.7 Å². The van der Waals surface area contributed by atoms with E-state index in [0.29, 0.717) is 33.5 Å². The van der Waals surface area contributed by atoms with Crippen molar-refractivity contribution in [1.82, 2.24) is 14.5 Å². The van der Waals surface area contributed by atoms with Crippen LogP contribution in [0.15, 0.2) is 57.8 Å². The maximum Gasteiger partial charge on any atom is 0.262 e. The van der Waals surface area contributed by atoms with Crippen LogP contribution in [0, 0.1) is 13.8 Å². The van der Waals surface area contributed by atoms with Gasteiger partial charge in [-0.2, -0.15) is 0 Å². The van der Waals surface area contributed by atoms with Crippen LogP contribution in [0.4, 0.5) is 10.8 Å². The Hall–Kier alpha value is -2.97. The summed E-state index contributed by atoms with van der Waals surface area (Å²) >= 11 is 2.95. The first kappa shape index (κ1) is 24.2. The number of benzene rings is 2. The molecular weight excluding hydrogens is 464 g/mol. The maximum absolute atomic E-state index is 13.1. The minimum Gasteiger partial charge on any atom is -0.287 e. The molecule has 0 N–H and O–H groups in total. The molecule has 0 bridgehead atoms. The van der Waals surface area contributed by atoms with Crippen LogP contribution < -0.4 is 10.5 Å². The van der Waals surface area contributed by atoms with E-state index < -0.39 is 0 Å². The molecule has 0 spiro atoms. The molecule has 0 radical (unpaired) electrons. The van der Waals surface area contributed by atoms with E-state index >= 15 is 0 Å². The Labute approximate surface area is 207 Å². The topological polar surface area (TPSA) is 68.1 Å². The van der Waals surface area contributed by atoms with Crippen molar-refractivity contribution in [2.24, 2.45) is 0 Å². The van der Waals surface area contributed by atoms with Crippen molar-refractivity contribution in [3.8, 4) is 0 Å². The average Bonchev–Trinajstić information content (AvgIpc) is 3.28. The van der Waals surface area contributed by atoms with Gasteiger partial charge in [0, 0.05) is 24.6 Å². The first-order valence-corrected chi connectivity index (χ1v) is 13.2. The Morgan fingerprint density at radius 2 is 1.91 bits per heavy atom. The van der Waals surface area contributed by atoms with Gasteiger partial charge in [-0.05, 0) is 55.7 Å². The van der Waals surface area contributed by atoms with Gasteiger partial charge in [-0.25, -0.2) is 9.97 Å². The fourth-order valence-electron chi connectivity index (χ4n) is 3.67. The van der Waals surface area contributed by atoms with Crippen molar-refractivity contribution in [2.75, 3.05) is 4.90 Å². The quantitative estimate of drug-likeness (QED) is 0.215. The number of carbonyl (C=O) groups excluding carboxylic acids is 1. The first-order chi connectivity index (χ1) is 16.4. The molecule has 6 nitrogen and oxygen atoms in total. The number of anilines is 2. The van der Waals surface area contributed by atoms with Gasteiger partial charge in [-0.15, -0.1) is 11.3 Å². The number of thioether (sulfide) groups is 1. The molecule has 0 aliphatic carbocycles. The number of aromatic nitrogens is 3. The molecule has 2 aromatic heterocycles. The molecule has 34 heavy (non-hydrogen) atoms. The molecule has 4 aromatic rings. The summed E-state index contributed by atoms with van der Waals surface area (Å²) < 4.78 is 1.78. The molecule has 8 heteroatoms. The minimum absolute atomic E-state index is 0.00184. The molecule has 0 unspecified atom stereocenters. The van der Waals surface area contributed by atoms with Gasteiger partial charge in [0.15, 0.2) is 10.3 Å². The van der Waals surface area contributed by atoms with Crippen LogP contribution >= 0.6 is 23.1 Å². The van der Waals surface area contributed by atoms with Gasteiger partial charge in [0.25, 0.3) is 5.56 Å². The van der Waals surface area contributed by atoms with Gasteiger partial charge in [0.1, 0.15) is 0 Å². The third kappa shape index (κ3) is 5.08. The van der Waals surface area contributed by atoms with Crippen molar-refractivity contribution < 1.29 is 4.79 Å². The summed E-state index contributed by atoms with van der Waals surface area (Å²) in [5, 5.41) is 3.95. The van der Waals surface area contributed by atoms with E-state index in [2.05, 4.69) is 13.8 Å². The molecule has 1 amide bonds. The second kappa shape index (κ2) is 10.5. The summed E-state index contributed by atoms with van der Waals surface area (Å²) in [6.07, 6.45) is 1.91. The summed E-state index contributed by atoms with van der Waals surface area (Å²) in [6.45, 7) is 8.39. The highest BCUT2D eigenvalue weighted by Crippen LogP contribution is 2.32. The Bertz CT molecular complexity index is 1390. The number of hydrogen-bond acceptors (Lipinski definition) is 6. The number of aryl methyl sites for hydroxylation is 2. The van der Waals surface area contributed by atoms with Gasteiger partial charge in [-0.1, -0.05) is 43.3 Å². The van der Waals surface area contributed by atoms with Crippen molar-refractivity contribution in [3.63, 3.8) is 0 Å². The van der Waals surface area contributed by atoms with Crippen molar-refractivity contribution in [3.05, 3.63) is 75.0 Å². The van der Waals surface area contributed by atoms with Crippen LogP contribution in [0.1, 0.15) is 43.5 Å². The van der Waals surface area contributed by atoms with E-state index in [1.807, 2.05) is 54.8 Å². The highest BCUT2D eigenvalue weighted by molar-refractivity contribution is 7.98. The number of fused-ring (bicyclic) bond motifs is 1. The number of carbonyl (C=O) groups is 1. The van der Waals surface area contributed by atoms with Crippen LogP contribution in [0.5, 0.6) is 0 Å². The Kier molecular flexibility index (Phi) is 7.48. The fourth-order valence-corrected chi connectivity index (χ4v) is 5.58. The highest BCUT2D eigenvalue weighted by atomic mass is 32.2. The number of rotatable bonds is 8. The number of para-hydroxylation sites is 1. The van der Waals surface area contributed by atoms with Gasteiger partial charge in [0.05, 0.1) is 22.3 Å². The SMILES string of the molecule is CCCCn1c(SCc2csc(N(C(C)=O)c3ccc(C)c(C)c3)n2)nc2ccccc2c1=O. The van der Waals surface area contributed by atoms with E-state index in [0.717, 1.165) is 29.8 Å². The number of unbranched alkanes of at least 4 members (excludes halogenated alkanes) is 1. The van der Waals surface area contributed by atoms with Crippen LogP contribution in [0.3, 0.4) is 0 Å². The molecule has 0 fully saturated rings. The summed E-state index contributed by atoms with van der Waals surface area (Å²) in [6, 6.07) is 13.5. The molecule has 0 aliphatic heterocycles. The molecule has 0 aliphatic rings. The smallest absolute Gasteiger partial charge is 0.262 e. The monoisotopic (exact) mass is 492 g/mol. The molecule has 176 valence electrons. The molecule has 0 saturated heterocycles. The molecule has 2 aromatic carbocycles. The summed E-state index contributed by atoms with van der Waals surface area (Å²) in [5.41, 5.74) is 4.68. The zero-order valence-electron chi connectivity index (χ0n) is 19.9. The van der Waals surface area contributed by atoms with Crippen LogP contribution in [-0.2, 0) is 17.1 Å². The summed E-state index contributed by atoms with van der Waals surface area (Å²) in [4.78, 5) is 36.7. The first-order valence-electron chi connectivity index (χ1n) is 11.3. The second-order valence-electron chi connectivity index (χ2n) is 8.25. The zero-order chi connectivity index (χ0) is 24.2. The van der Waals surface area contributed by atoms with Gasteiger partial charge < -0.3 is 0 Å². The van der Waals surface area contributed by atoms with Crippen LogP contribution in [-0.4, -0.2) is 20.4 Å². The third-order valence-electron chi connectivity index (χ3n) is 5.71. The lowest BCUT2D eigenvalue weighted by Gasteiger charge is -2.19. The van der Waals surface area contributed by atoms with Gasteiger partial charge in [0.2, 0.25) is 5.91 Å². The predicted molar refractivity (Wildman–Crippen MR) is 141 cm³/mol. The standard InChI is InChI=1S/C26H28N4O2S2/c1-5-6-13-29-24(32)22-9-7-8-10-23(22)28-25(29)33-15-20-16-34-26(27-20)30(19(4)31)21-12-11-17(2)18(3)14-21/h7-12,14,16H,5-6,13,15H2,1-4H3. The highest BCUT2D eigenvalue weighted by Gasteiger charge is 2.19. The number of thiazole rings is 1. The molecule has 0 saturated carbocycles. The van der Waals surface area contributed by atoms with E-state index in [1.54, 1.807) is 16.4 Å². The third-order valence-corrected chi connectivity index (χ3v) is 7.59. The van der Waals surface area contributed by atoms with Gasteiger partial charge in [-0.3, -0.25) is 19.1 Å². The van der Waals surface area contributed by atoms with E-state index in [1.165, 1.54) is 28.7 Å². The normalized spacial score (nSPS) is 11.2. The zero-order valence-corrected chi connectivity index (χ0v) is 21.5. The van der Waals surface area contributed by atoms with Crippen LogP contribution in [0.25, 0.3) is 10.9 Å². The maximum atomic E-state index is 13.1. The van der Waals surface area contributed by atoms with E-state index in [-0.39, 0.29) is 11.5 Å². The Balaban J connectivity index is 1.60. The minimum atomic E-state index is -0.0820. The lowest BCUT2D eigenvalue weighted by Crippen LogP contribution is -2.23. The van der Waals surface area contributed by atoms with Crippen molar-refractivity contribution in [1.29, 1.82) is 0 Å². The largest absolute Gasteiger partial charge is 0.287 e. The Morgan fingerprint density at radius 3 is 2.65 bits per heavy atom. The van der Waals surface area contributed by atoms with E-state index in [9.17, 15) is 9.59 Å². The predicted octanol–water partition coefficient (Wildman–Crippen LogP) is 6.25. The second-order valence-corrected chi connectivity index (χ2v) is 10.0. The summed E-state index contributed by atoms with van der Waals surface area (Å²) in [7, 11) is 0. The van der Waals surface area contributed by atoms with Gasteiger partial charge >= 0.3 is 0 Å². The Morgan fingerprint density at radius 1 is 1.12 bits per heavy atom. The average molecular weight is 493 g/mol.